The van der Waals surface area contributed by atoms with Crippen LogP contribution in [0.15, 0.2) is 36.4 Å². The number of hydrogen-bond acceptors (Lipinski definition) is 7. The number of alkyl halides is 3. The molecule has 0 bridgehead atoms. The maximum Gasteiger partial charge on any atom is 0.453 e. The average Bonchev–Trinajstić information content (AvgIpc) is 3.18. The second-order valence-electron chi connectivity index (χ2n) is 6.84. The monoisotopic (exact) mass is 417 g/mol. The van der Waals surface area contributed by atoms with Crippen molar-refractivity contribution in [2.75, 3.05) is 37.7 Å². The Hall–Kier alpha value is -3.39. The van der Waals surface area contributed by atoms with Gasteiger partial charge < -0.3 is 9.64 Å². The fraction of sp³-hybridized carbons (Fsp3) is 0.368. The number of anilines is 1. The minimum atomic E-state index is -4.61. The quantitative estimate of drug-likeness (QED) is 0.630. The second-order valence-corrected chi connectivity index (χ2v) is 6.84. The van der Waals surface area contributed by atoms with Crippen molar-refractivity contribution in [1.82, 2.24) is 24.7 Å². The minimum absolute atomic E-state index is 0.0146. The Labute approximate surface area is 170 Å². The van der Waals surface area contributed by atoms with Gasteiger partial charge in [-0.3, -0.25) is 4.90 Å². The van der Waals surface area contributed by atoms with Crippen molar-refractivity contribution in [3.63, 3.8) is 0 Å². The number of fused-ring (bicyclic) bond motifs is 1. The van der Waals surface area contributed by atoms with E-state index in [2.05, 4.69) is 20.2 Å². The van der Waals surface area contributed by atoms with Crippen molar-refractivity contribution in [1.29, 1.82) is 5.26 Å². The molecule has 11 heteroatoms. The molecule has 1 aliphatic heterocycles. The van der Waals surface area contributed by atoms with Crippen molar-refractivity contribution in [2.45, 2.75) is 12.7 Å². The third kappa shape index (κ3) is 4.28. The van der Waals surface area contributed by atoms with Crippen LogP contribution in [-0.4, -0.2) is 57.5 Å². The van der Waals surface area contributed by atoms with Crippen molar-refractivity contribution in [3.05, 3.63) is 47.8 Å². The summed E-state index contributed by atoms with van der Waals surface area (Å²) in [6.45, 7) is 3.56. The third-order valence-electron chi connectivity index (χ3n) is 4.83. The van der Waals surface area contributed by atoms with E-state index in [-0.39, 0.29) is 12.3 Å². The molecule has 3 heterocycles. The van der Waals surface area contributed by atoms with Gasteiger partial charge in [0.15, 0.2) is 12.3 Å². The van der Waals surface area contributed by atoms with E-state index < -0.39 is 12.0 Å². The van der Waals surface area contributed by atoms with Gasteiger partial charge in [0.1, 0.15) is 17.6 Å². The van der Waals surface area contributed by atoms with Gasteiger partial charge in [-0.05, 0) is 29.8 Å². The van der Waals surface area contributed by atoms with Gasteiger partial charge >= 0.3 is 6.18 Å². The normalized spacial score (nSPS) is 15.3. The first-order valence-electron chi connectivity index (χ1n) is 9.30. The van der Waals surface area contributed by atoms with Crippen LogP contribution < -0.4 is 9.64 Å². The van der Waals surface area contributed by atoms with E-state index in [9.17, 15) is 13.2 Å². The number of aromatic nitrogens is 4. The molecule has 1 aliphatic rings. The number of rotatable bonds is 5. The van der Waals surface area contributed by atoms with Gasteiger partial charge in [-0.1, -0.05) is 12.1 Å². The Kier molecular flexibility index (Phi) is 5.41. The molecule has 0 atom stereocenters. The fourth-order valence-electron chi connectivity index (χ4n) is 3.32. The Morgan fingerprint density at radius 2 is 1.73 bits per heavy atom. The molecule has 0 unspecified atom stereocenters. The first-order valence-corrected chi connectivity index (χ1v) is 9.30. The summed E-state index contributed by atoms with van der Waals surface area (Å²) in [4.78, 5) is 4.22. The minimum Gasteiger partial charge on any atom is -0.479 e. The molecular weight excluding hydrogens is 399 g/mol. The molecule has 30 heavy (non-hydrogen) atoms. The van der Waals surface area contributed by atoms with Gasteiger partial charge in [-0.15, -0.1) is 15.3 Å². The number of piperazine rings is 1. The van der Waals surface area contributed by atoms with Crippen LogP contribution >= 0.6 is 0 Å². The number of nitrogens with zero attached hydrogens (tertiary/aromatic N) is 7. The van der Waals surface area contributed by atoms with Gasteiger partial charge in [0, 0.05) is 32.7 Å². The summed E-state index contributed by atoms with van der Waals surface area (Å²) in [6, 6.07) is 12.7. The molecule has 4 rings (SSSR count). The Balaban J connectivity index is 1.38. The van der Waals surface area contributed by atoms with Crippen LogP contribution in [0.1, 0.15) is 11.4 Å². The Morgan fingerprint density at radius 3 is 2.40 bits per heavy atom. The summed E-state index contributed by atoms with van der Waals surface area (Å²) in [5, 5.41) is 19.4. The van der Waals surface area contributed by atoms with E-state index in [0.717, 1.165) is 29.7 Å². The van der Waals surface area contributed by atoms with E-state index >= 15 is 0 Å². The molecule has 1 aromatic carbocycles. The molecule has 0 saturated carbocycles. The van der Waals surface area contributed by atoms with Crippen LogP contribution in [0.5, 0.6) is 5.75 Å². The highest BCUT2D eigenvalue weighted by molar-refractivity contribution is 5.46. The maximum absolute atomic E-state index is 13.1. The lowest BCUT2D eigenvalue weighted by Crippen LogP contribution is -2.46. The lowest BCUT2D eigenvalue weighted by Gasteiger charge is -2.35. The van der Waals surface area contributed by atoms with Gasteiger partial charge in [0.05, 0.1) is 0 Å². The zero-order valence-electron chi connectivity index (χ0n) is 15.9. The van der Waals surface area contributed by atoms with Crippen LogP contribution in [-0.2, 0) is 12.7 Å². The molecule has 2 aromatic heterocycles. The molecule has 0 amide bonds. The first-order chi connectivity index (χ1) is 14.4. The summed E-state index contributed by atoms with van der Waals surface area (Å²) in [5.74, 6) is -0.00886. The molecule has 0 radical (unpaired) electrons. The summed E-state index contributed by atoms with van der Waals surface area (Å²) in [5.41, 5.74) is 1.18. The largest absolute Gasteiger partial charge is 0.479 e. The van der Waals surface area contributed by atoms with Crippen LogP contribution in [0.2, 0.25) is 0 Å². The highest BCUT2D eigenvalue weighted by Crippen LogP contribution is 2.28. The van der Waals surface area contributed by atoms with Crippen LogP contribution in [0.25, 0.3) is 5.65 Å². The van der Waals surface area contributed by atoms with Gasteiger partial charge in [-0.25, -0.2) is 0 Å². The Bertz CT molecular complexity index is 1050. The molecule has 0 spiro atoms. The summed E-state index contributed by atoms with van der Waals surface area (Å²) >= 11 is 0. The van der Waals surface area contributed by atoms with Crippen LogP contribution in [0, 0.1) is 11.3 Å². The van der Waals surface area contributed by atoms with E-state index in [1.165, 1.54) is 6.07 Å². The molecule has 0 N–H and O–H groups in total. The molecule has 1 fully saturated rings. The van der Waals surface area contributed by atoms with Crippen molar-refractivity contribution in [2.24, 2.45) is 0 Å². The lowest BCUT2D eigenvalue weighted by molar-refractivity contribution is -0.146. The molecule has 0 aliphatic carbocycles. The number of halogens is 3. The maximum atomic E-state index is 13.1. The van der Waals surface area contributed by atoms with E-state index in [4.69, 9.17) is 10.00 Å². The highest BCUT2D eigenvalue weighted by Gasteiger charge is 2.37. The molecule has 3 aromatic rings. The molecule has 156 valence electrons. The number of ether oxygens (including phenoxy) is 1. The molecular formula is C19H18F3N7O. The highest BCUT2D eigenvalue weighted by atomic mass is 19.4. The summed E-state index contributed by atoms with van der Waals surface area (Å²) in [7, 11) is 0. The van der Waals surface area contributed by atoms with Crippen LogP contribution in [0.3, 0.4) is 0 Å². The standard InChI is InChI=1S/C19H18F3N7O/c20-19(21,22)18-25-24-16-5-6-17(26-29(16)18)28-10-8-27(9-11-28)13-14-1-3-15(4-2-14)30-12-7-23/h1-6H,8-13H2. The topological polar surface area (TPSA) is 82.6 Å². The summed E-state index contributed by atoms with van der Waals surface area (Å²) < 4.78 is 45.2. The van der Waals surface area contributed by atoms with Gasteiger partial charge in [0.25, 0.3) is 5.82 Å². The Morgan fingerprint density at radius 1 is 1.00 bits per heavy atom. The van der Waals surface area contributed by atoms with Crippen molar-refractivity contribution in [3.8, 4) is 11.8 Å². The van der Waals surface area contributed by atoms with Crippen molar-refractivity contribution >= 4 is 11.5 Å². The molecule has 8 nitrogen and oxygen atoms in total. The van der Waals surface area contributed by atoms with E-state index in [1.807, 2.05) is 35.2 Å². The predicted molar refractivity (Wildman–Crippen MR) is 101 cm³/mol. The molecule has 1 saturated heterocycles. The average molecular weight is 417 g/mol. The fourth-order valence-corrected chi connectivity index (χ4v) is 3.32. The van der Waals surface area contributed by atoms with E-state index in [0.29, 0.717) is 24.7 Å². The second kappa shape index (κ2) is 8.16. The van der Waals surface area contributed by atoms with Crippen molar-refractivity contribution < 1.29 is 17.9 Å². The number of nitriles is 1. The van der Waals surface area contributed by atoms with Crippen LogP contribution in [0.4, 0.5) is 19.0 Å². The first kappa shape index (κ1) is 19.9. The SMILES string of the molecule is N#CCOc1ccc(CN2CCN(c3ccc4nnc(C(F)(F)F)n4n3)CC2)cc1. The lowest BCUT2D eigenvalue weighted by atomic mass is 10.2. The zero-order valence-corrected chi connectivity index (χ0v) is 15.9. The smallest absolute Gasteiger partial charge is 0.453 e. The predicted octanol–water partition coefficient (Wildman–Crippen LogP) is 2.37. The number of hydrogen-bond donors (Lipinski definition) is 0. The number of benzene rings is 1. The van der Waals surface area contributed by atoms with Gasteiger partial charge in [0.2, 0.25) is 0 Å². The zero-order chi connectivity index (χ0) is 21.1. The van der Waals surface area contributed by atoms with Gasteiger partial charge in [-0.2, -0.15) is 22.9 Å². The summed E-state index contributed by atoms with van der Waals surface area (Å²) in [6.07, 6.45) is -4.61. The van der Waals surface area contributed by atoms with E-state index in [1.54, 1.807) is 6.07 Å². The third-order valence-corrected chi connectivity index (χ3v) is 4.83.